The summed E-state index contributed by atoms with van der Waals surface area (Å²) >= 11 is 0. The van der Waals surface area contributed by atoms with Gasteiger partial charge in [0.1, 0.15) is 6.10 Å². The SMILES string of the molecule is C[C@H]1[C@@H]2[C@H]3OC(=O)[C@@H](C)[C@@H]3CC[C@@](C)(O)[C@@H]2C[C@@H]1O[Si](C)(C)C(C)(C)C. The topological polar surface area (TPSA) is 55.8 Å². The van der Waals surface area contributed by atoms with Crippen LogP contribution in [0, 0.1) is 29.6 Å². The van der Waals surface area contributed by atoms with E-state index in [-0.39, 0.29) is 46.9 Å². The average molecular weight is 383 g/mol. The Morgan fingerprint density at radius 1 is 1.27 bits per heavy atom. The van der Waals surface area contributed by atoms with Crippen LogP contribution in [0.5, 0.6) is 0 Å². The van der Waals surface area contributed by atoms with Gasteiger partial charge in [-0.1, -0.05) is 34.6 Å². The Labute approximate surface area is 160 Å². The van der Waals surface area contributed by atoms with Crippen molar-refractivity contribution in [3.63, 3.8) is 0 Å². The highest BCUT2D eigenvalue weighted by Crippen LogP contribution is 2.56. The van der Waals surface area contributed by atoms with Crippen LogP contribution in [-0.4, -0.2) is 37.2 Å². The number of hydrogen-bond donors (Lipinski definition) is 1. The first kappa shape index (κ1) is 20.3. The standard InChI is InChI=1S/C21H38O4Si/c1-12-14-9-10-21(6,23)15-11-16(25-26(7,8)20(3,4)5)13(2)17(15)18(14)24-19(12)22/h12-18,23H,9-11H2,1-8H3/t12-,13+,14-,15+,16-,17-,18-,21+/m0/s1. The fraction of sp³-hybridized carbons (Fsp3) is 0.952. The zero-order chi connectivity index (χ0) is 19.7. The van der Waals surface area contributed by atoms with Crippen LogP contribution in [0.4, 0.5) is 0 Å². The maximum atomic E-state index is 12.2. The third kappa shape index (κ3) is 3.18. The average Bonchev–Trinajstić information content (AvgIpc) is 2.91. The van der Waals surface area contributed by atoms with E-state index in [2.05, 4.69) is 40.8 Å². The molecular formula is C21H38O4Si. The lowest BCUT2D eigenvalue weighted by Crippen LogP contribution is -2.45. The largest absolute Gasteiger partial charge is 0.462 e. The summed E-state index contributed by atoms with van der Waals surface area (Å²) in [5.74, 6) is 0.757. The number of rotatable bonds is 2. The van der Waals surface area contributed by atoms with E-state index in [9.17, 15) is 9.90 Å². The summed E-state index contributed by atoms with van der Waals surface area (Å²) in [6, 6.07) is 0. The van der Waals surface area contributed by atoms with Crippen LogP contribution in [0.3, 0.4) is 0 Å². The molecule has 0 unspecified atom stereocenters. The smallest absolute Gasteiger partial charge is 0.309 e. The summed E-state index contributed by atoms with van der Waals surface area (Å²) in [6.45, 7) is 17.6. The Hall–Kier alpha value is -0.393. The lowest BCUT2D eigenvalue weighted by molar-refractivity contribution is -0.148. The molecule has 1 heterocycles. The van der Waals surface area contributed by atoms with E-state index in [0.717, 1.165) is 19.3 Å². The molecule has 8 atom stereocenters. The maximum absolute atomic E-state index is 12.2. The quantitative estimate of drug-likeness (QED) is 0.569. The van der Waals surface area contributed by atoms with Gasteiger partial charge in [0, 0.05) is 17.9 Å². The Morgan fingerprint density at radius 3 is 2.46 bits per heavy atom. The Balaban J connectivity index is 1.89. The van der Waals surface area contributed by atoms with E-state index >= 15 is 0 Å². The molecular weight excluding hydrogens is 344 g/mol. The highest BCUT2D eigenvalue weighted by atomic mass is 28.4. The predicted octanol–water partition coefficient (Wildman–Crippen LogP) is 4.37. The minimum Gasteiger partial charge on any atom is -0.462 e. The van der Waals surface area contributed by atoms with E-state index in [0.29, 0.717) is 5.92 Å². The van der Waals surface area contributed by atoms with E-state index < -0.39 is 13.9 Å². The van der Waals surface area contributed by atoms with Crippen LogP contribution in [0.25, 0.3) is 0 Å². The Kier molecular flexibility index (Phi) is 4.94. The van der Waals surface area contributed by atoms with Crippen LogP contribution in [0.15, 0.2) is 0 Å². The van der Waals surface area contributed by atoms with Gasteiger partial charge in [0.15, 0.2) is 8.32 Å². The number of hydrogen-bond acceptors (Lipinski definition) is 4. The molecule has 2 saturated carbocycles. The summed E-state index contributed by atoms with van der Waals surface area (Å²) in [5.41, 5.74) is -0.707. The normalized spacial score (nSPS) is 46.5. The molecule has 1 saturated heterocycles. The second kappa shape index (κ2) is 6.31. The van der Waals surface area contributed by atoms with Gasteiger partial charge in [-0.25, -0.2) is 0 Å². The monoisotopic (exact) mass is 382 g/mol. The number of carbonyl (C=O) groups excluding carboxylic acids is 1. The highest BCUT2D eigenvalue weighted by molar-refractivity contribution is 6.74. The molecule has 4 nitrogen and oxygen atoms in total. The minimum atomic E-state index is -1.88. The second-order valence-corrected chi connectivity index (χ2v) is 15.7. The minimum absolute atomic E-state index is 0.0536. The molecule has 0 aromatic carbocycles. The van der Waals surface area contributed by atoms with Crippen LogP contribution in [0.2, 0.25) is 18.1 Å². The third-order valence-electron chi connectivity index (χ3n) is 8.25. The third-order valence-corrected chi connectivity index (χ3v) is 12.8. The van der Waals surface area contributed by atoms with Crippen LogP contribution in [0.1, 0.15) is 60.8 Å². The molecule has 150 valence electrons. The van der Waals surface area contributed by atoms with Crippen LogP contribution in [-0.2, 0) is 14.0 Å². The zero-order valence-corrected chi connectivity index (χ0v) is 18.8. The molecule has 0 aromatic rings. The number of fused-ring (bicyclic) bond motifs is 3. The summed E-state index contributed by atoms with van der Waals surface area (Å²) in [4.78, 5) is 12.2. The van der Waals surface area contributed by atoms with Crippen molar-refractivity contribution in [2.24, 2.45) is 29.6 Å². The van der Waals surface area contributed by atoms with Crippen molar-refractivity contribution in [3.05, 3.63) is 0 Å². The number of aliphatic hydroxyl groups is 1. The summed E-state index contributed by atoms with van der Waals surface area (Å²) < 4.78 is 12.7. The van der Waals surface area contributed by atoms with Gasteiger partial charge in [-0.3, -0.25) is 4.79 Å². The summed E-state index contributed by atoms with van der Waals surface area (Å²) in [7, 11) is -1.88. The van der Waals surface area contributed by atoms with E-state index in [4.69, 9.17) is 9.16 Å². The molecule has 0 aromatic heterocycles. The first-order chi connectivity index (χ1) is 11.8. The van der Waals surface area contributed by atoms with E-state index in [1.54, 1.807) is 0 Å². The lowest BCUT2D eigenvalue weighted by Gasteiger charge is -2.40. The predicted molar refractivity (Wildman–Crippen MR) is 105 cm³/mol. The van der Waals surface area contributed by atoms with Crippen molar-refractivity contribution < 1.29 is 19.1 Å². The molecule has 0 radical (unpaired) electrons. The van der Waals surface area contributed by atoms with Gasteiger partial charge < -0.3 is 14.3 Å². The molecule has 0 amide bonds. The maximum Gasteiger partial charge on any atom is 0.309 e. The fourth-order valence-corrected chi connectivity index (χ4v) is 6.78. The Bertz CT molecular complexity index is 565. The molecule has 3 fully saturated rings. The lowest BCUT2D eigenvalue weighted by atomic mass is 9.76. The van der Waals surface area contributed by atoms with Crippen molar-refractivity contribution in [3.8, 4) is 0 Å². The van der Waals surface area contributed by atoms with Gasteiger partial charge in [-0.05, 0) is 56.2 Å². The molecule has 0 bridgehead atoms. The van der Waals surface area contributed by atoms with E-state index in [1.807, 2.05) is 13.8 Å². The first-order valence-corrected chi connectivity index (χ1v) is 13.3. The molecule has 5 heteroatoms. The molecule has 3 aliphatic rings. The van der Waals surface area contributed by atoms with Gasteiger partial charge in [-0.2, -0.15) is 0 Å². The second-order valence-electron chi connectivity index (χ2n) is 10.9. The summed E-state index contributed by atoms with van der Waals surface area (Å²) in [5, 5.41) is 11.4. The van der Waals surface area contributed by atoms with E-state index in [1.165, 1.54) is 0 Å². The van der Waals surface area contributed by atoms with Crippen molar-refractivity contribution in [2.75, 3.05) is 0 Å². The highest BCUT2D eigenvalue weighted by Gasteiger charge is 2.60. The molecule has 2 aliphatic carbocycles. The van der Waals surface area contributed by atoms with Crippen molar-refractivity contribution in [2.45, 2.75) is 96.7 Å². The number of ether oxygens (including phenoxy) is 1. The molecule has 0 spiro atoms. The zero-order valence-electron chi connectivity index (χ0n) is 17.8. The van der Waals surface area contributed by atoms with Crippen molar-refractivity contribution >= 4 is 14.3 Å². The number of carbonyl (C=O) groups is 1. The van der Waals surface area contributed by atoms with Gasteiger partial charge >= 0.3 is 5.97 Å². The fourth-order valence-electron chi connectivity index (χ4n) is 5.35. The van der Waals surface area contributed by atoms with Crippen molar-refractivity contribution in [1.82, 2.24) is 0 Å². The summed E-state index contributed by atoms with van der Waals surface area (Å²) in [6.07, 6.45) is 2.58. The molecule has 1 aliphatic heterocycles. The van der Waals surface area contributed by atoms with Gasteiger partial charge in [0.2, 0.25) is 0 Å². The molecule has 3 rings (SSSR count). The molecule has 26 heavy (non-hydrogen) atoms. The molecule has 1 N–H and O–H groups in total. The first-order valence-electron chi connectivity index (χ1n) is 10.4. The number of esters is 1. The van der Waals surface area contributed by atoms with Gasteiger partial charge in [0.25, 0.3) is 0 Å². The van der Waals surface area contributed by atoms with Crippen molar-refractivity contribution in [1.29, 1.82) is 0 Å². The van der Waals surface area contributed by atoms with Gasteiger partial charge in [0.05, 0.1) is 11.5 Å². The van der Waals surface area contributed by atoms with Crippen LogP contribution >= 0.6 is 0 Å². The van der Waals surface area contributed by atoms with Crippen LogP contribution < -0.4 is 0 Å². The Morgan fingerprint density at radius 2 is 1.88 bits per heavy atom. The van der Waals surface area contributed by atoms with Gasteiger partial charge in [-0.15, -0.1) is 0 Å².